The molecule has 0 saturated heterocycles. The first-order valence-corrected chi connectivity index (χ1v) is 8.58. The molecule has 0 atom stereocenters. The minimum absolute atomic E-state index is 0.383. The zero-order chi connectivity index (χ0) is 18.0. The monoisotopic (exact) mass is 362 g/mol. The highest BCUT2D eigenvalue weighted by molar-refractivity contribution is 7.16. The molecular weight excluding hydrogens is 346 g/mol. The third kappa shape index (κ3) is 3.19. The van der Waals surface area contributed by atoms with E-state index < -0.39 is 23.1 Å². The molecule has 0 unspecified atom stereocenters. The van der Waals surface area contributed by atoms with E-state index in [4.69, 9.17) is 4.74 Å². The quantitative estimate of drug-likeness (QED) is 0.700. The minimum atomic E-state index is -0.939. The van der Waals surface area contributed by atoms with Crippen molar-refractivity contribution in [2.75, 3.05) is 7.11 Å². The minimum Gasteiger partial charge on any atom is -0.495 e. The molecule has 0 aliphatic rings. The number of carbonyl (C=O) groups excluding carboxylic acids is 1. The van der Waals surface area contributed by atoms with E-state index in [1.54, 1.807) is 7.11 Å². The summed E-state index contributed by atoms with van der Waals surface area (Å²) in [5.41, 5.74) is 0.173. The summed E-state index contributed by atoms with van der Waals surface area (Å²) >= 11 is 1.28. The van der Waals surface area contributed by atoms with Gasteiger partial charge in [-0.1, -0.05) is 30.4 Å². The van der Waals surface area contributed by atoms with Crippen LogP contribution in [0.4, 0.5) is 8.78 Å². The van der Waals surface area contributed by atoms with Gasteiger partial charge in [-0.25, -0.2) is 8.78 Å². The fraction of sp³-hybridized carbons (Fsp3) is 0.222. The van der Waals surface area contributed by atoms with E-state index in [1.807, 2.05) is 29.7 Å². The Labute approximate surface area is 147 Å². The summed E-state index contributed by atoms with van der Waals surface area (Å²) in [5.74, 6) is -2.12. The van der Waals surface area contributed by atoms with E-state index in [0.717, 1.165) is 28.8 Å². The van der Waals surface area contributed by atoms with Crippen LogP contribution in [0.3, 0.4) is 0 Å². The Balaban J connectivity index is 2.22. The molecule has 2 aromatic carbocycles. The Hall–Kier alpha value is -2.54. The molecule has 130 valence electrons. The molecule has 0 radical (unpaired) electrons. The lowest BCUT2D eigenvalue weighted by Gasteiger charge is -2.07. The van der Waals surface area contributed by atoms with E-state index in [2.05, 4.69) is 4.99 Å². The largest absolute Gasteiger partial charge is 0.495 e. The number of aromatic nitrogens is 1. The zero-order valence-corrected chi connectivity index (χ0v) is 14.6. The Kier molecular flexibility index (Phi) is 4.94. The van der Waals surface area contributed by atoms with Crippen LogP contribution in [0.2, 0.25) is 0 Å². The number of para-hydroxylation sites is 1. The number of amides is 1. The van der Waals surface area contributed by atoms with E-state index in [9.17, 15) is 13.6 Å². The molecule has 0 N–H and O–H groups in total. The van der Waals surface area contributed by atoms with Crippen LogP contribution in [0.25, 0.3) is 10.2 Å². The van der Waals surface area contributed by atoms with Gasteiger partial charge < -0.3 is 9.30 Å². The second kappa shape index (κ2) is 7.14. The standard InChI is InChI=1S/C18H16F2N2O2S/c1-3-10-22-16-13(24-2)8-5-9-14(16)25-18(22)21-17(23)15-11(19)6-4-7-12(15)20/h4-9H,3,10H2,1-2H3. The highest BCUT2D eigenvalue weighted by Crippen LogP contribution is 2.27. The Morgan fingerprint density at radius 3 is 2.52 bits per heavy atom. The fourth-order valence-corrected chi connectivity index (χ4v) is 3.70. The Morgan fingerprint density at radius 2 is 1.88 bits per heavy atom. The molecule has 0 saturated carbocycles. The molecule has 1 heterocycles. The van der Waals surface area contributed by atoms with Crippen LogP contribution in [0.15, 0.2) is 41.4 Å². The predicted octanol–water partition coefficient (Wildman–Crippen LogP) is 4.14. The van der Waals surface area contributed by atoms with Crippen molar-refractivity contribution in [2.24, 2.45) is 4.99 Å². The smallest absolute Gasteiger partial charge is 0.285 e. The number of thiazole rings is 1. The van der Waals surface area contributed by atoms with Gasteiger partial charge in [-0.15, -0.1) is 0 Å². The van der Waals surface area contributed by atoms with Gasteiger partial charge in [-0.2, -0.15) is 4.99 Å². The zero-order valence-electron chi connectivity index (χ0n) is 13.8. The lowest BCUT2D eigenvalue weighted by Crippen LogP contribution is -2.18. The van der Waals surface area contributed by atoms with Gasteiger partial charge in [0.05, 0.1) is 11.8 Å². The van der Waals surface area contributed by atoms with Gasteiger partial charge in [0.2, 0.25) is 0 Å². The third-order valence-electron chi connectivity index (χ3n) is 3.70. The molecular formula is C18H16F2N2O2S. The van der Waals surface area contributed by atoms with Crippen LogP contribution >= 0.6 is 11.3 Å². The first-order valence-electron chi connectivity index (χ1n) is 7.76. The molecule has 1 amide bonds. The molecule has 3 rings (SSSR count). The number of carbonyl (C=O) groups is 1. The summed E-state index contributed by atoms with van der Waals surface area (Å²) in [6.45, 7) is 2.60. The Morgan fingerprint density at radius 1 is 1.20 bits per heavy atom. The second-order valence-corrected chi connectivity index (χ2v) is 6.37. The molecule has 0 bridgehead atoms. The highest BCUT2D eigenvalue weighted by Gasteiger charge is 2.18. The van der Waals surface area contributed by atoms with Gasteiger partial charge >= 0.3 is 0 Å². The van der Waals surface area contributed by atoms with Crippen molar-refractivity contribution in [3.63, 3.8) is 0 Å². The maximum absolute atomic E-state index is 13.8. The molecule has 0 aliphatic carbocycles. The van der Waals surface area contributed by atoms with Gasteiger partial charge in [0.1, 0.15) is 28.5 Å². The number of nitrogens with zero attached hydrogens (tertiary/aromatic N) is 2. The number of halogens is 2. The molecule has 25 heavy (non-hydrogen) atoms. The molecule has 3 aromatic rings. The van der Waals surface area contributed by atoms with Crippen LogP contribution in [0.5, 0.6) is 5.75 Å². The number of rotatable bonds is 4. The fourth-order valence-electron chi connectivity index (χ4n) is 2.62. The van der Waals surface area contributed by atoms with Crippen LogP contribution in [0, 0.1) is 11.6 Å². The molecule has 0 spiro atoms. The number of methoxy groups -OCH3 is 1. The summed E-state index contributed by atoms with van der Waals surface area (Å²) < 4.78 is 35.8. The topological polar surface area (TPSA) is 43.6 Å². The van der Waals surface area contributed by atoms with Crippen molar-refractivity contribution in [1.82, 2.24) is 4.57 Å². The lowest BCUT2D eigenvalue weighted by atomic mass is 10.2. The summed E-state index contributed by atoms with van der Waals surface area (Å²) in [7, 11) is 1.57. The van der Waals surface area contributed by atoms with E-state index in [1.165, 1.54) is 17.4 Å². The van der Waals surface area contributed by atoms with Gasteiger partial charge in [-0.3, -0.25) is 4.79 Å². The third-order valence-corrected chi connectivity index (χ3v) is 4.75. The molecule has 0 aliphatic heterocycles. The lowest BCUT2D eigenvalue weighted by molar-refractivity contribution is 0.0989. The second-order valence-electron chi connectivity index (χ2n) is 5.36. The van der Waals surface area contributed by atoms with Crippen LogP contribution in [0.1, 0.15) is 23.7 Å². The van der Waals surface area contributed by atoms with Crippen molar-refractivity contribution in [2.45, 2.75) is 19.9 Å². The predicted molar refractivity (Wildman–Crippen MR) is 92.9 cm³/mol. The first-order chi connectivity index (χ1) is 12.1. The van der Waals surface area contributed by atoms with Crippen molar-refractivity contribution < 1.29 is 18.3 Å². The molecule has 1 aromatic heterocycles. The van der Waals surface area contributed by atoms with Crippen molar-refractivity contribution in [3.05, 3.63) is 58.4 Å². The summed E-state index contributed by atoms with van der Waals surface area (Å²) in [4.78, 5) is 16.7. The number of aryl methyl sites for hydroxylation is 1. The van der Waals surface area contributed by atoms with Gasteiger partial charge in [0, 0.05) is 6.54 Å². The van der Waals surface area contributed by atoms with E-state index >= 15 is 0 Å². The van der Waals surface area contributed by atoms with Crippen LogP contribution in [-0.4, -0.2) is 17.6 Å². The van der Waals surface area contributed by atoms with Crippen molar-refractivity contribution in [1.29, 1.82) is 0 Å². The SMILES string of the molecule is CCCn1c(=NC(=O)c2c(F)cccc2F)sc2cccc(OC)c21. The highest BCUT2D eigenvalue weighted by atomic mass is 32.1. The molecule has 4 nitrogen and oxygen atoms in total. The number of hydrogen-bond acceptors (Lipinski definition) is 3. The number of fused-ring (bicyclic) bond motifs is 1. The van der Waals surface area contributed by atoms with Gasteiger partial charge in [0.25, 0.3) is 5.91 Å². The number of benzene rings is 2. The number of hydrogen-bond donors (Lipinski definition) is 0. The van der Waals surface area contributed by atoms with Crippen LogP contribution in [-0.2, 0) is 6.54 Å². The van der Waals surface area contributed by atoms with Crippen molar-refractivity contribution in [3.8, 4) is 5.75 Å². The maximum atomic E-state index is 13.8. The first kappa shape index (κ1) is 17.3. The number of ether oxygens (including phenoxy) is 1. The van der Waals surface area contributed by atoms with Crippen molar-refractivity contribution >= 4 is 27.5 Å². The molecule has 0 fully saturated rings. The normalized spacial score (nSPS) is 11.9. The van der Waals surface area contributed by atoms with Gasteiger partial charge in [0.15, 0.2) is 4.80 Å². The summed E-state index contributed by atoms with van der Waals surface area (Å²) in [5, 5.41) is 0. The Bertz CT molecular complexity index is 988. The summed E-state index contributed by atoms with van der Waals surface area (Å²) in [6, 6.07) is 8.85. The van der Waals surface area contributed by atoms with Crippen LogP contribution < -0.4 is 9.54 Å². The van der Waals surface area contributed by atoms with E-state index in [-0.39, 0.29) is 0 Å². The average molecular weight is 362 g/mol. The average Bonchev–Trinajstić information content (AvgIpc) is 2.92. The van der Waals surface area contributed by atoms with E-state index in [0.29, 0.717) is 17.1 Å². The summed E-state index contributed by atoms with van der Waals surface area (Å²) in [6.07, 6.45) is 0.805. The maximum Gasteiger partial charge on any atom is 0.285 e. The van der Waals surface area contributed by atoms with Gasteiger partial charge in [-0.05, 0) is 30.7 Å². The molecule has 7 heteroatoms.